The van der Waals surface area contributed by atoms with Crippen molar-refractivity contribution < 1.29 is 0 Å². The van der Waals surface area contributed by atoms with Gasteiger partial charge in [0.25, 0.3) is 0 Å². The van der Waals surface area contributed by atoms with E-state index in [0.29, 0.717) is 23.8 Å². The number of aromatic nitrogens is 6. The van der Waals surface area contributed by atoms with E-state index in [2.05, 4.69) is 104 Å². The molecule has 2 aromatic carbocycles. The second-order valence-electron chi connectivity index (χ2n) is 9.39. The van der Waals surface area contributed by atoms with E-state index in [1.165, 1.54) is 33.4 Å². The average molecular weight is 553 g/mol. The summed E-state index contributed by atoms with van der Waals surface area (Å²) in [7, 11) is 3.67. The van der Waals surface area contributed by atoms with E-state index in [1.54, 1.807) is 0 Å². The largest absolute Gasteiger partial charge is 0.368 e. The quantitative estimate of drug-likeness (QED) is 0.139. The van der Waals surface area contributed by atoms with Crippen molar-refractivity contribution >= 4 is 45.4 Å². The highest BCUT2D eigenvalue weighted by Crippen LogP contribution is 2.25. The monoisotopic (exact) mass is 552 g/mol. The fourth-order valence-corrected chi connectivity index (χ4v) is 6.06. The van der Waals surface area contributed by atoms with Crippen LogP contribution in [0.3, 0.4) is 0 Å². The molecule has 0 amide bonds. The highest BCUT2D eigenvalue weighted by atomic mass is 33.1. The first-order valence-corrected chi connectivity index (χ1v) is 15.0. The van der Waals surface area contributed by atoms with Crippen LogP contribution in [0.4, 0.5) is 23.8 Å². The molecule has 2 heterocycles. The first-order chi connectivity index (χ1) is 18.3. The number of hydrogen-bond acceptors (Lipinski definition) is 10. The molecule has 0 radical (unpaired) electrons. The number of aryl methyl sites for hydroxylation is 4. The van der Waals surface area contributed by atoms with Gasteiger partial charge in [0, 0.05) is 37.7 Å². The molecule has 0 aliphatic rings. The molecule has 0 bridgehead atoms. The van der Waals surface area contributed by atoms with Crippen molar-refractivity contribution in [1.29, 1.82) is 0 Å². The van der Waals surface area contributed by atoms with Crippen molar-refractivity contribution in [2.45, 2.75) is 40.8 Å². The van der Waals surface area contributed by atoms with Crippen LogP contribution >= 0.6 is 21.6 Å². The number of aromatic amines is 2. The molecule has 0 saturated heterocycles. The van der Waals surface area contributed by atoms with Crippen LogP contribution in [0.1, 0.15) is 33.4 Å². The number of hydrogen-bond donors (Lipinski definition) is 4. The SMILES string of the molecule is Cc1ccc(C)c(CN(CCSSCCN(Cc2cc(C)ccc2C)c2n[nH]c(N)n2)c2n[nH]c(N)n2)c1. The van der Waals surface area contributed by atoms with Gasteiger partial charge >= 0.3 is 0 Å². The summed E-state index contributed by atoms with van der Waals surface area (Å²) in [6.45, 7) is 11.5. The third-order valence-corrected chi connectivity index (χ3v) is 8.62. The molecular weight excluding hydrogens is 516 g/mol. The van der Waals surface area contributed by atoms with Crippen molar-refractivity contribution in [3.8, 4) is 0 Å². The maximum absolute atomic E-state index is 5.82. The van der Waals surface area contributed by atoms with Crippen LogP contribution in [-0.4, -0.2) is 55.0 Å². The zero-order chi connectivity index (χ0) is 27.1. The minimum absolute atomic E-state index is 0.324. The van der Waals surface area contributed by atoms with Crippen LogP contribution in [0.25, 0.3) is 0 Å². The summed E-state index contributed by atoms with van der Waals surface area (Å²) >= 11 is 0. The van der Waals surface area contributed by atoms with Crippen LogP contribution in [0.5, 0.6) is 0 Å². The molecule has 202 valence electrons. The van der Waals surface area contributed by atoms with E-state index in [0.717, 1.165) is 37.7 Å². The number of nitrogens with zero attached hydrogens (tertiary/aromatic N) is 6. The Balaban J connectivity index is 1.32. The lowest BCUT2D eigenvalue weighted by atomic mass is 10.1. The molecule has 0 atom stereocenters. The lowest BCUT2D eigenvalue weighted by Gasteiger charge is -2.23. The van der Waals surface area contributed by atoms with Crippen LogP contribution in [-0.2, 0) is 13.1 Å². The molecule has 0 aliphatic carbocycles. The lowest BCUT2D eigenvalue weighted by molar-refractivity contribution is 0.795. The van der Waals surface area contributed by atoms with Crippen LogP contribution in [0, 0.1) is 27.7 Å². The van der Waals surface area contributed by atoms with Crippen LogP contribution in [0.2, 0.25) is 0 Å². The van der Waals surface area contributed by atoms with E-state index in [4.69, 9.17) is 11.5 Å². The molecule has 0 spiro atoms. The third-order valence-electron chi connectivity index (χ3n) is 6.25. The van der Waals surface area contributed by atoms with E-state index in [9.17, 15) is 0 Å². The second-order valence-corrected chi connectivity index (χ2v) is 12.1. The van der Waals surface area contributed by atoms with Gasteiger partial charge in [-0.15, -0.1) is 10.2 Å². The predicted octanol–water partition coefficient (Wildman–Crippen LogP) is 4.42. The van der Waals surface area contributed by atoms with Crippen LogP contribution in [0.15, 0.2) is 36.4 Å². The van der Waals surface area contributed by atoms with Gasteiger partial charge in [0.1, 0.15) is 0 Å². The topological polar surface area (TPSA) is 142 Å². The van der Waals surface area contributed by atoms with Gasteiger partial charge in [-0.1, -0.05) is 69.1 Å². The molecule has 38 heavy (non-hydrogen) atoms. The van der Waals surface area contributed by atoms with Crippen molar-refractivity contribution in [1.82, 2.24) is 30.4 Å². The fourth-order valence-electron chi connectivity index (χ4n) is 4.08. The first kappa shape index (κ1) is 27.6. The molecule has 0 aliphatic heterocycles. The minimum atomic E-state index is 0.324. The van der Waals surface area contributed by atoms with Gasteiger partial charge in [-0.2, -0.15) is 9.97 Å². The Bertz CT molecular complexity index is 1230. The smallest absolute Gasteiger partial charge is 0.246 e. The number of nitrogens with one attached hydrogen (secondary N) is 2. The number of nitrogen functional groups attached to an aromatic ring is 2. The zero-order valence-corrected chi connectivity index (χ0v) is 24.0. The molecule has 2 aromatic heterocycles. The third kappa shape index (κ3) is 7.57. The highest BCUT2D eigenvalue weighted by Gasteiger charge is 2.16. The Morgan fingerprint density at radius 1 is 0.684 bits per heavy atom. The Kier molecular flexibility index (Phi) is 9.40. The highest BCUT2D eigenvalue weighted by molar-refractivity contribution is 8.76. The normalized spacial score (nSPS) is 11.2. The number of rotatable bonds is 13. The molecular formula is C26H36N10S2. The zero-order valence-electron chi connectivity index (χ0n) is 22.4. The maximum atomic E-state index is 5.82. The molecule has 4 rings (SSSR count). The molecule has 6 N–H and O–H groups in total. The number of anilines is 4. The lowest BCUT2D eigenvalue weighted by Crippen LogP contribution is -2.27. The van der Waals surface area contributed by atoms with Crippen molar-refractivity contribution in [2.24, 2.45) is 0 Å². The van der Waals surface area contributed by atoms with E-state index >= 15 is 0 Å². The van der Waals surface area contributed by atoms with Gasteiger partial charge in [0.15, 0.2) is 0 Å². The van der Waals surface area contributed by atoms with Crippen molar-refractivity contribution in [3.63, 3.8) is 0 Å². The Morgan fingerprint density at radius 3 is 1.47 bits per heavy atom. The van der Waals surface area contributed by atoms with Crippen LogP contribution < -0.4 is 21.3 Å². The van der Waals surface area contributed by atoms with Crippen molar-refractivity contribution in [2.75, 3.05) is 45.9 Å². The summed E-state index contributed by atoms with van der Waals surface area (Å²) in [5, 5.41) is 14.1. The van der Waals surface area contributed by atoms with E-state index in [1.807, 2.05) is 21.6 Å². The minimum Gasteiger partial charge on any atom is -0.368 e. The fraction of sp³-hybridized carbons (Fsp3) is 0.385. The molecule has 10 nitrogen and oxygen atoms in total. The number of H-pyrrole nitrogens is 2. The van der Waals surface area contributed by atoms with Crippen molar-refractivity contribution in [3.05, 3.63) is 69.8 Å². The van der Waals surface area contributed by atoms with E-state index < -0.39 is 0 Å². The Hall–Kier alpha value is -3.38. The molecule has 0 fully saturated rings. The van der Waals surface area contributed by atoms with Gasteiger partial charge in [-0.05, 0) is 49.9 Å². The van der Waals surface area contributed by atoms with Gasteiger partial charge in [0.05, 0.1) is 0 Å². The van der Waals surface area contributed by atoms with Gasteiger partial charge in [0.2, 0.25) is 23.8 Å². The summed E-state index contributed by atoms with van der Waals surface area (Å²) in [5.74, 6) is 3.71. The molecule has 0 unspecified atom stereocenters. The standard InChI is InChI=1S/C26H36N10S2/c1-17-5-7-19(3)21(13-17)15-35(25-29-23(27)31-33-25)9-11-37-38-12-10-36(26-30-24(28)32-34-26)16-22-14-18(2)6-8-20(22)4/h5-8,13-14H,9-12,15-16H2,1-4H3,(H3,27,29,31,33)(H3,28,30,32,34). The van der Waals surface area contributed by atoms with Gasteiger partial charge in [-0.3, -0.25) is 0 Å². The summed E-state index contributed by atoms with van der Waals surface area (Å²) in [4.78, 5) is 13.1. The number of benzene rings is 2. The van der Waals surface area contributed by atoms with Gasteiger partial charge in [-0.25, -0.2) is 10.2 Å². The predicted molar refractivity (Wildman–Crippen MR) is 160 cm³/mol. The van der Waals surface area contributed by atoms with E-state index in [-0.39, 0.29) is 0 Å². The Labute approximate surface area is 231 Å². The first-order valence-electron chi connectivity index (χ1n) is 12.5. The second kappa shape index (κ2) is 12.9. The molecule has 4 aromatic rings. The Morgan fingerprint density at radius 2 is 1.11 bits per heavy atom. The average Bonchev–Trinajstić information content (AvgIpc) is 3.52. The molecule has 0 saturated carbocycles. The summed E-state index contributed by atoms with van der Waals surface area (Å²) < 4.78 is 0. The number of nitrogens with two attached hydrogens (primary N) is 2. The summed E-state index contributed by atoms with van der Waals surface area (Å²) in [5.41, 5.74) is 19.1. The summed E-state index contributed by atoms with van der Waals surface area (Å²) in [6.07, 6.45) is 0. The maximum Gasteiger partial charge on any atom is 0.246 e. The molecule has 12 heteroatoms. The summed E-state index contributed by atoms with van der Waals surface area (Å²) in [6, 6.07) is 13.0. The van der Waals surface area contributed by atoms with Gasteiger partial charge < -0.3 is 21.3 Å².